The molecule has 15 heavy (non-hydrogen) atoms. The number of halogens is 1. The van der Waals surface area contributed by atoms with Crippen molar-refractivity contribution in [2.75, 3.05) is 0 Å². The maximum absolute atomic E-state index is 9.54. The third-order valence-corrected chi connectivity index (χ3v) is 2.81. The smallest absolute Gasteiger partial charge is 0.198 e. The first kappa shape index (κ1) is 10.1. The second kappa shape index (κ2) is 3.98. The molecule has 2 rings (SSSR count). The van der Waals surface area contributed by atoms with Gasteiger partial charge in [0.15, 0.2) is 11.8 Å². The van der Waals surface area contributed by atoms with Crippen LogP contribution in [-0.2, 0) is 5.33 Å². The highest BCUT2D eigenvalue weighted by Crippen LogP contribution is 2.27. The van der Waals surface area contributed by atoms with Crippen molar-refractivity contribution in [3.8, 4) is 17.4 Å². The van der Waals surface area contributed by atoms with Crippen molar-refractivity contribution in [1.29, 1.82) is 0 Å². The van der Waals surface area contributed by atoms with Crippen LogP contribution in [0.25, 0.3) is 5.69 Å². The molecule has 0 bridgehead atoms. The van der Waals surface area contributed by atoms with Crippen LogP contribution >= 0.6 is 15.9 Å². The standard InChI is InChI=1S/C11H10BrNO2/c12-7-8-2-1-3-9(6-8)13-10(14)4-5-11(13)15/h1-6,14-15H,7H2. The zero-order chi connectivity index (χ0) is 10.8. The molecule has 0 aliphatic carbocycles. The SMILES string of the molecule is Oc1ccc(O)n1-c1cccc(CBr)c1. The monoisotopic (exact) mass is 267 g/mol. The van der Waals surface area contributed by atoms with Crippen LogP contribution in [0.15, 0.2) is 36.4 Å². The summed E-state index contributed by atoms with van der Waals surface area (Å²) >= 11 is 3.36. The van der Waals surface area contributed by atoms with E-state index in [0.717, 1.165) is 16.6 Å². The molecule has 0 aliphatic heterocycles. The molecule has 0 saturated carbocycles. The lowest BCUT2D eigenvalue weighted by molar-refractivity contribution is 0.402. The van der Waals surface area contributed by atoms with Gasteiger partial charge in [0.2, 0.25) is 0 Å². The van der Waals surface area contributed by atoms with Gasteiger partial charge < -0.3 is 10.2 Å². The summed E-state index contributed by atoms with van der Waals surface area (Å²) in [5.74, 6) is 0.0541. The molecule has 2 N–H and O–H groups in total. The van der Waals surface area contributed by atoms with Crippen molar-refractivity contribution in [3.05, 3.63) is 42.0 Å². The van der Waals surface area contributed by atoms with Crippen LogP contribution < -0.4 is 0 Å². The normalized spacial score (nSPS) is 10.5. The van der Waals surface area contributed by atoms with E-state index >= 15 is 0 Å². The summed E-state index contributed by atoms with van der Waals surface area (Å²) in [7, 11) is 0. The number of aromatic hydroxyl groups is 2. The van der Waals surface area contributed by atoms with Crippen LogP contribution in [0.3, 0.4) is 0 Å². The number of benzene rings is 1. The predicted molar refractivity (Wildman–Crippen MR) is 61.7 cm³/mol. The van der Waals surface area contributed by atoms with Gasteiger partial charge in [-0.1, -0.05) is 28.1 Å². The minimum absolute atomic E-state index is 0.0271. The van der Waals surface area contributed by atoms with E-state index in [-0.39, 0.29) is 11.8 Å². The van der Waals surface area contributed by atoms with Crippen molar-refractivity contribution >= 4 is 15.9 Å². The lowest BCUT2D eigenvalue weighted by Crippen LogP contribution is -1.93. The van der Waals surface area contributed by atoms with E-state index in [1.54, 1.807) is 0 Å². The number of hydrogen-bond acceptors (Lipinski definition) is 2. The van der Waals surface area contributed by atoms with Crippen LogP contribution in [0.4, 0.5) is 0 Å². The minimum Gasteiger partial charge on any atom is -0.494 e. The summed E-state index contributed by atoms with van der Waals surface area (Å²) in [6.45, 7) is 0. The molecule has 3 nitrogen and oxygen atoms in total. The van der Waals surface area contributed by atoms with Gasteiger partial charge in [-0.15, -0.1) is 0 Å². The second-order valence-corrected chi connectivity index (χ2v) is 3.75. The first-order valence-corrected chi connectivity index (χ1v) is 5.59. The summed E-state index contributed by atoms with van der Waals surface area (Å²) in [6.07, 6.45) is 0. The quantitative estimate of drug-likeness (QED) is 0.822. The third kappa shape index (κ3) is 1.85. The first-order chi connectivity index (χ1) is 7.22. The van der Waals surface area contributed by atoms with Gasteiger partial charge in [0.25, 0.3) is 0 Å². The summed E-state index contributed by atoms with van der Waals surface area (Å²) in [5.41, 5.74) is 1.83. The van der Waals surface area contributed by atoms with E-state index in [1.165, 1.54) is 16.7 Å². The zero-order valence-corrected chi connectivity index (χ0v) is 9.48. The molecular weight excluding hydrogens is 258 g/mol. The van der Waals surface area contributed by atoms with Crippen molar-refractivity contribution in [3.63, 3.8) is 0 Å². The fraction of sp³-hybridized carbons (Fsp3) is 0.0909. The highest BCUT2D eigenvalue weighted by molar-refractivity contribution is 9.08. The molecule has 0 radical (unpaired) electrons. The van der Waals surface area contributed by atoms with Crippen LogP contribution in [0.5, 0.6) is 11.8 Å². The molecule has 0 aliphatic rings. The summed E-state index contributed by atoms with van der Waals surface area (Å²) < 4.78 is 1.38. The van der Waals surface area contributed by atoms with Gasteiger partial charge in [0, 0.05) is 17.5 Å². The fourth-order valence-electron chi connectivity index (χ4n) is 1.46. The second-order valence-electron chi connectivity index (χ2n) is 3.19. The van der Waals surface area contributed by atoms with Gasteiger partial charge in [-0.25, -0.2) is 0 Å². The van der Waals surface area contributed by atoms with E-state index in [1.807, 2.05) is 24.3 Å². The van der Waals surface area contributed by atoms with Gasteiger partial charge in [0.1, 0.15) is 0 Å². The largest absolute Gasteiger partial charge is 0.494 e. The van der Waals surface area contributed by atoms with Gasteiger partial charge >= 0.3 is 0 Å². The molecule has 4 heteroatoms. The Bertz CT molecular complexity index is 460. The molecule has 1 heterocycles. The van der Waals surface area contributed by atoms with E-state index in [9.17, 15) is 10.2 Å². The molecule has 0 amide bonds. The highest BCUT2D eigenvalue weighted by Gasteiger charge is 2.07. The molecule has 0 atom stereocenters. The Morgan fingerprint density at radius 3 is 2.33 bits per heavy atom. The molecule has 2 aromatic rings. The Morgan fingerprint density at radius 1 is 1.07 bits per heavy atom. The van der Waals surface area contributed by atoms with E-state index in [2.05, 4.69) is 15.9 Å². The average Bonchev–Trinajstić information content (AvgIpc) is 2.59. The lowest BCUT2D eigenvalue weighted by Gasteiger charge is -2.07. The number of nitrogens with zero attached hydrogens (tertiary/aromatic N) is 1. The van der Waals surface area contributed by atoms with Crippen molar-refractivity contribution in [1.82, 2.24) is 4.57 Å². The number of alkyl halides is 1. The fourth-order valence-corrected chi connectivity index (χ4v) is 1.81. The maximum Gasteiger partial charge on any atom is 0.198 e. The first-order valence-electron chi connectivity index (χ1n) is 4.47. The van der Waals surface area contributed by atoms with E-state index < -0.39 is 0 Å². The van der Waals surface area contributed by atoms with Crippen LogP contribution in [0.2, 0.25) is 0 Å². The zero-order valence-electron chi connectivity index (χ0n) is 7.89. The molecule has 78 valence electrons. The lowest BCUT2D eigenvalue weighted by atomic mass is 10.2. The van der Waals surface area contributed by atoms with Crippen molar-refractivity contribution in [2.45, 2.75) is 5.33 Å². The van der Waals surface area contributed by atoms with Gasteiger partial charge in [-0.3, -0.25) is 4.57 Å². The number of aromatic nitrogens is 1. The Kier molecular flexibility index (Phi) is 2.68. The van der Waals surface area contributed by atoms with Gasteiger partial charge in [-0.2, -0.15) is 0 Å². The Hall–Kier alpha value is -1.42. The van der Waals surface area contributed by atoms with E-state index in [4.69, 9.17) is 0 Å². The summed E-state index contributed by atoms with van der Waals surface area (Å²) in [4.78, 5) is 0. The van der Waals surface area contributed by atoms with Crippen molar-refractivity contribution in [2.24, 2.45) is 0 Å². The van der Waals surface area contributed by atoms with Crippen molar-refractivity contribution < 1.29 is 10.2 Å². The molecule has 1 aromatic heterocycles. The minimum atomic E-state index is 0.0271. The van der Waals surface area contributed by atoms with Gasteiger partial charge in [-0.05, 0) is 17.7 Å². The maximum atomic E-state index is 9.54. The highest BCUT2D eigenvalue weighted by atomic mass is 79.9. The average molecular weight is 268 g/mol. The molecular formula is C11H10BrNO2. The molecule has 0 saturated heterocycles. The van der Waals surface area contributed by atoms with Crippen LogP contribution in [-0.4, -0.2) is 14.8 Å². The Morgan fingerprint density at radius 2 is 1.73 bits per heavy atom. The van der Waals surface area contributed by atoms with Crippen LogP contribution in [0.1, 0.15) is 5.56 Å². The molecule has 0 fully saturated rings. The Labute approximate surface area is 95.7 Å². The van der Waals surface area contributed by atoms with E-state index in [0.29, 0.717) is 0 Å². The third-order valence-electron chi connectivity index (χ3n) is 2.16. The van der Waals surface area contributed by atoms with Gasteiger partial charge in [0.05, 0.1) is 5.69 Å². The molecule has 0 unspecified atom stereocenters. The predicted octanol–water partition coefficient (Wildman–Crippen LogP) is 2.78. The molecule has 0 spiro atoms. The number of rotatable bonds is 2. The molecule has 1 aromatic carbocycles. The van der Waals surface area contributed by atoms with Crippen LogP contribution in [0, 0.1) is 0 Å². The Balaban J connectivity index is 2.53. The topological polar surface area (TPSA) is 45.4 Å². The summed E-state index contributed by atoms with van der Waals surface area (Å²) in [6, 6.07) is 10.5. The summed E-state index contributed by atoms with van der Waals surface area (Å²) in [5, 5.41) is 19.8. The number of hydrogen-bond donors (Lipinski definition) is 2.